The Morgan fingerprint density at radius 1 is 1.33 bits per heavy atom. The molecule has 18 heavy (non-hydrogen) atoms. The Kier molecular flexibility index (Phi) is 4.50. The average molecular weight is 250 g/mol. The zero-order valence-corrected chi connectivity index (χ0v) is 12.4. The molecular formula is C16H30N2. The van der Waals surface area contributed by atoms with E-state index < -0.39 is 0 Å². The van der Waals surface area contributed by atoms with Crippen LogP contribution in [-0.2, 0) is 0 Å². The van der Waals surface area contributed by atoms with Crippen LogP contribution in [0.4, 0.5) is 0 Å². The molecule has 2 saturated carbocycles. The summed E-state index contributed by atoms with van der Waals surface area (Å²) in [7, 11) is 0. The normalized spacial score (nSPS) is 39.3. The maximum Gasteiger partial charge on any atom is 0.0354 e. The number of nitrogens with zero attached hydrogens (tertiary/aromatic N) is 1. The minimum Gasteiger partial charge on any atom is -0.268 e. The van der Waals surface area contributed by atoms with Crippen LogP contribution >= 0.6 is 0 Å². The molecule has 2 aliphatic carbocycles. The maximum absolute atomic E-state index is 6.43. The third-order valence-corrected chi connectivity index (χ3v) is 5.43. The van der Waals surface area contributed by atoms with Gasteiger partial charge in [0.1, 0.15) is 0 Å². The number of rotatable bonds is 6. The van der Waals surface area contributed by atoms with Gasteiger partial charge in [-0.05, 0) is 56.8 Å². The Hall–Kier alpha value is -0.340. The Bertz CT molecular complexity index is 299. The van der Waals surface area contributed by atoms with E-state index in [0.29, 0.717) is 5.54 Å². The highest BCUT2D eigenvalue weighted by molar-refractivity contribution is 5.06. The zero-order valence-electron chi connectivity index (χ0n) is 12.4. The van der Waals surface area contributed by atoms with E-state index in [4.69, 9.17) is 5.84 Å². The van der Waals surface area contributed by atoms with E-state index in [1.54, 1.807) is 0 Å². The molecule has 2 aliphatic rings. The highest BCUT2D eigenvalue weighted by atomic mass is 15.4. The van der Waals surface area contributed by atoms with Crippen molar-refractivity contribution in [1.29, 1.82) is 0 Å². The van der Waals surface area contributed by atoms with Gasteiger partial charge in [-0.25, -0.2) is 5.01 Å². The highest BCUT2D eigenvalue weighted by Crippen LogP contribution is 2.58. The molecule has 2 rings (SSSR count). The van der Waals surface area contributed by atoms with E-state index in [2.05, 4.69) is 37.9 Å². The fraction of sp³-hybridized carbons (Fsp3) is 0.875. The van der Waals surface area contributed by atoms with Gasteiger partial charge in [-0.15, -0.1) is 0 Å². The van der Waals surface area contributed by atoms with Crippen LogP contribution in [0.1, 0.15) is 59.3 Å². The van der Waals surface area contributed by atoms with Crippen molar-refractivity contribution in [2.75, 3.05) is 6.54 Å². The van der Waals surface area contributed by atoms with Crippen LogP contribution in [0.25, 0.3) is 0 Å². The molecule has 0 spiro atoms. The van der Waals surface area contributed by atoms with E-state index in [1.807, 2.05) is 0 Å². The number of allylic oxidation sites excluding steroid dienone is 1. The van der Waals surface area contributed by atoms with E-state index >= 15 is 0 Å². The first-order valence-corrected chi connectivity index (χ1v) is 7.80. The molecule has 0 aromatic carbocycles. The molecule has 0 saturated heterocycles. The van der Waals surface area contributed by atoms with Crippen molar-refractivity contribution in [2.24, 2.45) is 23.6 Å². The smallest absolute Gasteiger partial charge is 0.0354 e. The third-order valence-electron chi connectivity index (χ3n) is 5.43. The van der Waals surface area contributed by atoms with Gasteiger partial charge in [0.2, 0.25) is 0 Å². The summed E-state index contributed by atoms with van der Waals surface area (Å²) in [4.78, 5) is 0. The van der Waals surface area contributed by atoms with Crippen molar-refractivity contribution >= 4 is 0 Å². The zero-order chi connectivity index (χ0) is 13.2. The van der Waals surface area contributed by atoms with Crippen molar-refractivity contribution in [1.82, 2.24) is 5.01 Å². The Morgan fingerprint density at radius 3 is 2.72 bits per heavy atom. The summed E-state index contributed by atoms with van der Waals surface area (Å²) >= 11 is 0. The molecule has 0 aromatic heterocycles. The Labute approximate surface area is 113 Å². The quantitative estimate of drug-likeness (QED) is 0.442. The fourth-order valence-corrected chi connectivity index (χ4v) is 4.08. The Balaban J connectivity index is 2.00. The summed E-state index contributed by atoms with van der Waals surface area (Å²) in [6.45, 7) is 7.77. The van der Waals surface area contributed by atoms with E-state index in [0.717, 1.165) is 30.7 Å². The van der Waals surface area contributed by atoms with Crippen LogP contribution in [0.5, 0.6) is 0 Å². The van der Waals surface area contributed by atoms with Gasteiger partial charge in [-0.1, -0.05) is 32.4 Å². The fourth-order valence-electron chi connectivity index (χ4n) is 4.08. The lowest BCUT2D eigenvalue weighted by molar-refractivity contribution is 0.0205. The van der Waals surface area contributed by atoms with Crippen LogP contribution in [0.15, 0.2) is 12.2 Å². The minimum absolute atomic E-state index is 0.292. The molecule has 2 heteroatoms. The lowest BCUT2D eigenvalue weighted by atomic mass is 9.73. The lowest BCUT2D eigenvalue weighted by Crippen LogP contribution is -2.55. The van der Waals surface area contributed by atoms with Gasteiger partial charge < -0.3 is 0 Å². The molecule has 104 valence electrons. The second-order valence-electron chi connectivity index (χ2n) is 6.37. The summed E-state index contributed by atoms with van der Waals surface area (Å²) in [5.41, 5.74) is 0.292. The number of nitrogens with two attached hydrogens (primary N) is 1. The number of hydrogen-bond donors (Lipinski definition) is 1. The Morgan fingerprint density at radius 2 is 2.11 bits per heavy atom. The summed E-state index contributed by atoms with van der Waals surface area (Å²) in [5, 5.41) is 2.18. The summed E-state index contributed by atoms with van der Waals surface area (Å²) in [6.07, 6.45) is 12.1. The topological polar surface area (TPSA) is 29.3 Å². The average Bonchev–Trinajstić information content (AvgIpc) is 3.16. The maximum atomic E-state index is 6.43. The standard InChI is InChI=1S/C16H30N2/c1-4-7-8-9-18(17)16(6-3)11-13(5-2)15-10-14(15)12-16/h4,7,13-15H,5-6,8-12,17H2,1-3H3/b7-4-/t13-,14-,15?,16-/m0/s1. The molecule has 0 radical (unpaired) electrons. The third kappa shape index (κ3) is 2.65. The lowest BCUT2D eigenvalue weighted by Gasteiger charge is -2.46. The summed E-state index contributed by atoms with van der Waals surface area (Å²) in [6, 6.07) is 0. The predicted octanol–water partition coefficient (Wildman–Crippen LogP) is 3.73. The second kappa shape index (κ2) is 5.75. The molecule has 0 aromatic rings. The molecule has 0 aliphatic heterocycles. The van der Waals surface area contributed by atoms with Gasteiger partial charge in [0.25, 0.3) is 0 Å². The van der Waals surface area contributed by atoms with Crippen LogP contribution in [0.3, 0.4) is 0 Å². The molecule has 0 amide bonds. The van der Waals surface area contributed by atoms with Crippen molar-refractivity contribution in [2.45, 2.75) is 64.8 Å². The summed E-state index contributed by atoms with van der Waals surface area (Å²) < 4.78 is 0. The predicted molar refractivity (Wildman–Crippen MR) is 78.0 cm³/mol. The molecule has 0 bridgehead atoms. The number of fused-ring (bicyclic) bond motifs is 1. The first kappa shape index (κ1) is 14.1. The van der Waals surface area contributed by atoms with Crippen molar-refractivity contribution in [3.8, 4) is 0 Å². The summed E-state index contributed by atoms with van der Waals surface area (Å²) in [5.74, 6) is 9.38. The molecular weight excluding hydrogens is 220 g/mol. The molecule has 2 N–H and O–H groups in total. The SMILES string of the molecule is C/C=C\CCN(N)[C@@]1(CC)C[C@H](CC)C2C[C@H]2C1. The number of hydrazine groups is 1. The first-order valence-electron chi connectivity index (χ1n) is 7.80. The van der Waals surface area contributed by atoms with Gasteiger partial charge in [-0.2, -0.15) is 0 Å². The minimum atomic E-state index is 0.292. The van der Waals surface area contributed by atoms with E-state index in [-0.39, 0.29) is 0 Å². The van der Waals surface area contributed by atoms with Crippen LogP contribution in [0.2, 0.25) is 0 Å². The first-order chi connectivity index (χ1) is 8.66. The second-order valence-corrected chi connectivity index (χ2v) is 6.37. The van der Waals surface area contributed by atoms with Crippen molar-refractivity contribution in [3.63, 3.8) is 0 Å². The van der Waals surface area contributed by atoms with Gasteiger partial charge in [0.15, 0.2) is 0 Å². The molecule has 2 nitrogen and oxygen atoms in total. The highest BCUT2D eigenvalue weighted by Gasteiger charge is 2.53. The van der Waals surface area contributed by atoms with Crippen LogP contribution < -0.4 is 5.84 Å². The monoisotopic (exact) mass is 250 g/mol. The van der Waals surface area contributed by atoms with Crippen LogP contribution in [0, 0.1) is 17.8 Å². The molecule has 0 heterocycles. The molecule has 1 unspecified atom stereocenters. The molecule has 2 fully saturated rings. The number of hydrogen-bond acceptors (Lipinski definition) is 2. The van der Waals surface area contributed by atoms with Gasteiger partial charge >= 0.3 is 0 Å². The van der Waals surface area contributed by atoms with Crippen molar-refractivity contribution in [3.05, 3.63) is 12.2 Å². The van der Waals surface area contributed by atoms with Crippen LogP contribution in [-0.4, -0.2) is 17.1 Å². The van der Waals surface area contributed by atoms with Gasteiger partial charge in [-0.3, -0.25) is 5.84 Å². The van der Waals surface area contributed by atoms with Gasteiger partial charge in [0, 0.05) is 12.1 Å². The largest absolute Gasteiger partial charge is 0.268 e. The van der Waals surface area contributed by atoms with E-state index in [9.17, 15) is 0 Å². The molecule has 4 atom stereocenters. The van der Waals surface area contributed by atoms with Crippen molar-refractivity contribution < 1.29 is 0 Å². The van der Waals surface area contributed by atoms with Gasteiger partial charge in [0.05, 0.1) is 0 Å². The van der Waals surface area contributed by atoms with E-state index in [1.165, 1.54) is 32.1 Å².